The van der Waals surface area contributed by atoms with Crippen LogP contribution in [0.2, 0.25) is 0 Å². The summed E-state index contributed by atoms with van der Waals surface area (Å²) >= 11 is 0. The number of aromatic nitrogens is 1. The van der Waals surface area contributed by atoms with Crippen molar-refractivity contribution in [3.05, 3.63) is 42.2 Å². The van der Waals surface area contributed by atoms with E-state index in [2.05, 4.69) is 29.3 Å². The third kappa shape index (κ3) is 1.55. The molecule has 1 aliphatic carbocycles. The van der Waals surface area contributed by atoms with Gasteiger partial charge >= 0.3 is 0 Å². The van der Waals surface area contributed by atoms with Gasteiger partial charge in [0.15, 0.2) is 0 Å². The van der Waals surface area contributed by atoms with Crippen molar-refractivity contribution in [2.45, 2.75) is 25.2 Å². The second-order valence-corrected chi connectivity index (χ2v) is 3.24. The van der Waals surface area contributed by atoms with Gasteiger partial charge in [0, 0.05) is 17.8 Å². The molecule has 1 unspecified atom stereocenters. The number of allylic oxidation sites excluding steroid dienone is 2. The van der Waals surface area contributed by atoms with Crippen molar-refractivity contribution in [2.24, 2.45) is 0 Å². The third-order valence-electron chi connectivity index (χ3n) is 2.38. The van der Waals surface area contributed by atoms with Crippen molar-refractivity contribution in [1.82, 2.24) is 4.98 Å². The molecule has 1 heteroatoms. The van der Waals surface area contributed by atoms with Crippen molar-refractivity contribution in [1.29, 1.82) is 0 Å². The number of nitrogens with zero attached hydrogens (tertiary/aromatic N) is 1. The van der Waals surface area contributed by atoms with Crippen LogP contribution in [0.3, 0.4) is 0 Å². The Kier molecular flexibility index (Phi) is 2.21. The Bertz CT molecular complexity index is 264. The lowest BCUT2D eigenvalue weighted by Crippen LogP contribution is -2.02. The molecule has 1 nitrogen and oxygen atoms in total. The van der Waals surface area contributed by atoms with Gasteiger partial charge in [-0.3, -0.25) is 4.98 Å². The lowest BCUT2D eigenvalue weighted by atomic mass is 9.91. The lowest BCUT2D eigenvalue weighted by Gasteiger charge is -2.16. The maximum Gasteiger partial charge on any atom is 0.0437 e. The summed E-state index contributed by atoms with van der Waals surface area (Å²) in [6.07, 6.45) is 10.0. The Morgan fingerprint density at radius 1 is 1.25 bits per heavy atom. The summed E-state index contributed by atoms with van der Waals surface area (Å²) < 4.78 is 0. The summed E-state index contributed by atoms with van der Waals surface area (Å²) in [5.74, 6) is 0.663. The minimum absolute atomic E-state index is 0.663. The van der Waals surface area contributed by atoms with Crippen LogP contribution in [-0.2, 0) is 0 Å². The van der Waals surface area contributed by atoms with E-state index in [0.717, 1.165) is 6.42 Å². The van der Waals surface area contributed by atoms with Gasteiger partial charge in [0.05, 0.1) is 0 Å². The fourth-order valence-electron chi connectivity index (χ4n) is 1.68. The molecule has 0 radical (unpaired) electrons. The van der Waals surface area contributed by atoms with E-state index in [1.165, 1.54) is 18.5 Å². The van der Waals surface area contributed by atoms with Crippen molar-refractivity contribution in [3.8, 4) is 0 Å². The van der Waals surface area contributed by atoms with Gasteiger partial charge in [-0.15, -0.1) is 0 Å². The highest BCUT2D eigenvalue weighted by Gasteiger charge is 2.12. The topological polar surface area (TPSA) is 12.9 Å². The highest BCUT2D eigenvalue weighted by atomic mass is 14.7. The van der Waals surface area contributed by atoms with E-state index in [-0.39, 0.29) is 0 Å². The minimum Gasteiger partial charge on any atom is -0.261 e. The molecule has 0 saturated heterocycles. The number of rotatable bonds is 1. The molecule has 0 N–H and O–H groups in total. The molecule has 0 bridgehead atoms. The summed E-state index contributed by atoms with van der Waals surface area (Å²) in [6.45, 7) is 0. The molecule has 1 atom stereocenters. The molecule has 0 fully saturated rings. The first kappa shape index (κ1) is 7.53. The van der Waals surface area contributed by atoms with Gasteiger partial charge in [-0.2, -0.15) is 0 Å². The molecule has 12 heavy (non-hydrogen) atoms. The summed E-state index contributed by atoms with van der Waals surface area (Å²) in [7, 11) is 0. The van der Waals surface area contributed by atoms with Gasteiger partial charge in [0.2, 0.25) is 0 Å². The molecule has 0 amide bonds. The zero-order chi connectivity index (χ0) is 8.23. The van der Waals surface area contributed by atoms with Crippen LogP contribution in [-0.4, -0.2) is 4.98 Å². The fourth-order valence-corrected chi connectivity index (χ4v) is 1.68. The zero-order valence-electron chi connectivity index (χ0n) is 7.11. The quantitative estimate of drug-likeness (QED) is 0.574. The largest absolute Gasteiger partial charge is 0.261 e. The Morgan fingerprint density at radius 3 is 2.92 bits per heavy atom. The first-order valence-corrected chi connectivity index (χ1v) is 4.53. The predicted octanol–water partition coefficient (Wildman–Crippen LogP) is 2.91. The van der Waals surface area contributed by atoms with Crippen molar-refractivity contribution in [2.75, 3.05) is 0 Å². The molecule has 1 aromatic rings. The molecule has 0 spiro atoms. The van der Waals surface area contributed by atoms with E-state index in [1.54, 1.807) is 0 Å². The second-order valence-electron chi connectivity index (χ2n) is 3.24. The second kappa shape index (κ2) is 3.53. The van der Waals surface area contributed by atoms with E-state index in [0.29, 0.717) is 5.92 Å². The van der Waals surface area contributed by atoms with Gasteiger partial charge in [0.1, 0.15) is 0 Å². The van der Waals surface area contributed by atoms with Gasteiger partial charge in [0.25, 0.3) is 0 Å². The molecule has 0 saturated carbocycles. The van der Waals surface area contributed by atoms with E-state index in [4.69, 9.17) is 0 Å². The van der Waals surface area contributed by atoms with Gasteiger partial charge in [-0.05, 0) is 31.4 Å². The zero-order valence-corrected chi connectivity index (χ0v) is 7.11. The summed E-state index contributed by atoms with van der Waals surface area (Å²) in [5.41, 5.74) is 1.25. The van der Waals surface area contributed by atoms with Gasteiger partial charge in [-0.1, -0.05) is 18.2 Å². The van der Waals surface area contributed by atoms with Gasteiger partial charge < -0.3 is 0 Å². The third-order valence-corrected chi connectivity index (χ3v) is 2.38. The van der Waals surface area contributed by atoms with E-state index < -0.39 is 0 Å². The average molecular weight is 159 g/mol. The normalized spacial score (nSPS) is 22.5. The van der Waals surface area contributed by atoms with E-state index in [9.17, 15) is 0 Å². The Labute approximate surface area is 73.1 Å². The Balaban J connectivity index is 2.15. The lowest BCUT2D eigenvalue weighted by molar-refractivity contribution is 0.601. The molecule has 1 aromatic heterocycles. The standard InChI is InChI=1S/C11H13N/c1-2-6-10(7-3-1)11-8-4-5-9-12-11/h1-2,4-5,8-10H,3,6-7H2. The Hall–Kier alpha value is -1.11. The maximum atomic E-state index is 4.37. The van der Waals surface area contributed by atoms with Crippen LogP contribution < -0.4 is 0 Å². The molecule has 2 rings (SSSR count). The molecular formula is C11H13N. The average Bonchev–Trinajstić information content (AvgIpc) is 2.21. The summed E-state index contributed by atoms with van der Waals surface area (Å²) in [6, 6.07) is 6.17. The predicted molar refractivity (Wildman–Crippen MR) is 50.0 cm³/mol. The van der Waals surface area contributed by atoms with Crippen LogP contribution in [0.15, 0.2) is 36.5 Å². The van der Waals surface area contributed by atoms with E-state index in [1.807, 2.05) is 12.3 Å². The van der Waals surface area contributed by atoms with Crippen molar-refractivity contribution >= 4 is 0 Å². The number of hydrogen-bond acceptors (Lipinski definition) is 1. The first-order valence-electron chi connectivity index (χ1n) is 4.53. The van der Waals surface area contributed by atoms with Crippen LogP contribution in [0.4, 0.5) is 0 Å². The van der Waals surface area contributed by atoms with Crippen LogP contribution in [0.1, 0.15) is 30.9 Å². The smallest absolute Gasteiger partial charge is 0.0437 e. The summed E-state index contributed by atoms with van der Waals surface area (Å²) in [5, 5.41) is 0. The highest BCUT2D eigenvalue weighted by Crippen LogP contribution is 2.26. The molecule has 1 aliphatic rings. The Morgan fingerprint density at radius 2 is 2.25 bits per heavy atom. The fraction of sp³-hybridized carbons (Fsp3) is 0.364. The van der Waals surface area contributed by atoms with Crippen LogP contribution >= 0.6 is 0 Å². The molecule has 62 valence electrons. The molecule has 1 heterocycles. The van der Waals surface area contributed by atoms with Gasteiger partial charge in [-0.25, -0.2) is 0 Å². The minimum atomic E-state index is 0.663. The van der Waals surface area contributed by atoms with Crippen LogP contribution in [0.5, 0.6) is 0 Å². The maximum absolute atomic E-state index is 4.37. The number of hydrogen-bond donors (Lipinski definition) is 0. The molecular weight excluding hydrogens is 146 g/mol. The van der Waals surface area contributed by atoms with Crippen molar-refractivity contribution < 1.29 is 0 Å². The molecule has 0 aromatic carbocycles. The SMILES string of the molecule is C1=CCC(c2ccccn2)CC1. The van der Waals surface area contributed by atoms with Crippen molar-refractivity contribution in [3.63, 3.8) is 0 Å². The molecule has 0 aliphatic heterocycles. The van der Waals surface area contributed by atoms with Crippen LogP contribution in [0, 0.1) is 0 Å². The number of pyridine rings is 1. The monoisotopic (exact) mass is 159 g/mol. The van der Waals surface area contributed by atoms with Crippen LogP contribution in [0.25, 0.3) is 0 Å². The first-order chi connectivity index (χ1) is 5.97. The highest BCUT2D eigenvalue weighted by molar-refractivity contribution is 5.12. The summed E-state index contributed by atoms with van der Waals surface area (Å²) in [4.78, 5) is 4.37. The van der Waals surface area contributed by atoms with E-state index >= 15 is 0 Å².